The summed E-state index contributed by atoms with van der Waals surface area (Å²) in [5.41, 5.74) is 4.59. The first-order valence-corrected chi connectivity index (χ1v) is 3.74. The lowest BCUT2D eigenvalue weighted by Crippen LogP contribution is -2.04. The normalized spacial score (nSPS) is 10.4. The lowest BCUT2D eigenvalue weighted by molar-refractivity contribution is -0.389. The van der Waals surface area contributed by atoms with Gasteiger partial charge >= 0.3 is 5.82 Å². The first kappa shape index (κ1) is 11.1. The molecule has 1 rings (SSSR count). The number of pyridine rings is 1. The van der Waals surface area contributed by atoms with Crippen molar-refractivity contribution in [1.29, 1.82) is 0 Å². The molecule has 0 saturated carbocycles. The lowest BCUT2D eigenvalue weighted by Gasteiger charge is -2.06. The molecule has 0 aliphatic rings. The second-order valence-corrected chi connectivity index (χ2v) is 2.55. The number of hydrogen-bond donors (Lipinski definition) is 1. The monoisotopic (exact) mass is 219 g/mol. The molecule has 0 spiro atoms. The molecule has 0 radical (unpaired) electrons. The van der Waals surface area contributed by atoms with Crippen LogP contribution < -0.4 is 10.5 Å². The van der Waals surface area contributed by atoms with E-state index in [1.807, 2.05) is 0 Å². The maximum Gasteiger partial charge on any atom is 0.366 e. The van der Waals surface area contributed by atoms with Gasteiger partial charge in [0.25, 0.3) is 12.2 Å². The molecule has 1 heterocycles. The molecule has 1 aromatic rings. The smallest absolute Gasteiger partial charge is 0.366 e. The van der Waals surface area contributed by atoms with Crippen molar-refractivity contribution in [3.63, 3.8) is 0 Å². The number of nitro groups is 1. The van der Waals surface area contributed by atoms with Gasteiger partial charge in [-0.15, -0.1) is 0 Å². The summed E-state index contributed by atoms with van der Waals surface area (Å²) in [6, 6.07) is 0.639. The van der Waals surface area contributed by atoms with Crippen LogP contribution in [-0.2, 0) is 0 Å². The standard InChI is InChI=1S/C7H7F2N3O3/c1-15-5-3(6(8)9)2-4(12(13)14)11-7(5)10/h2,6H,1H3,(H2,10,11). The Balaban J connectivity index is 3.38. The minimum absolute atomic E-state index is 0.337. The number of methoxy groups -OCH3 is 1. The van der Waals surface area contributed by atoms with Crippen LogP contribution in [0, 0.1) is 10.1 Å². The average Bonchev–Trinajstić information content (AvgIpc) is 2.16. The molecule has 0 bridgehead atoms. The molecule has 0 amide bonds. The van der Waals surface area contributed by atoms with Gasteiger partial charge in [-0.2, -0.15) is 0 Å². The fraction of sp³-hybridized carbons (Fsp3) is 0.286. The zero-order chi connectivity index (χ0) is 11.6. The Morgan fingerprint density at radius 3 is 2.67 bits per heavy atom. The fourth-order valence-electron chi connectivity index (χ4n) is 1.04. The molecule has 0 aliphatic carbocycles. The summed E-state index contributed by atoms with van der Waals surface area (Å²) in [4.78, 5) is 12.7. The summed E-state index contributed by atoms with van der Waals surface area (Å²) in [5.74, 6) is -1.50. The third-order valence-electron chi connectivity index (χ3n) is 1.64. The highest BCUT2D eigenvalue weighted by Gasteiger charge is 2.24. The molecule has 0 aliphatic heterocycles. The SMILES string of the molecule is COc1c(C(F)F)cc([N+](=O)[O-])nc1N. The minimum Gasteiger partial charge on any atom is -0.490 e. The molecule has 0 atom stereocenters. The number of nitrogen functional groups attached to an aromatic ring is 1. The van der Waals surface area contributed by atoms with Crippen LogP contribution in [0.1, 0.15) is 12.0 Å². The molecule has 6 nitrogen and oxygen atoms in total. The molecule has 15 heavy (non-hydrogen) atoms. The number of aromatic nitrogens is 1. The van der Waals surface area contributed by atoms with Gasteiger partial charge in [-0.3, -0.25) is 0 Å². The van der Waals surface area contributed by atoms with Gasteiger partial charge in [0.1, 0.15) is 0 Å². The van der Waals surface area contributed by atoms with Gasteiger partial charge in [0.05, 0.1) is 12.7 Å². The number of ether oxygens (including phenoxy) is 1. The predicted molar refractivity (Wildman–Crippen MR) is 46.8 cm³/mol. The molecule has 0 fully saturated rings. The maximum absolute atomic E-state index is 12.5. The Morgan fingerprint density at radius 1 is 1.67 bits per heavy atom. The number of hydrogen-bond acceptors (Lipinski definition) is 5. The third-order valence-corrected chi connectivity index (χ3v) is 1.64. The Hall–Kier alpha value is -1.99. The summed E-state index contributed by atoms with van der Waals surface area (Å²) >= 11 is 0. The topological polar surface area (TPSA) is 91.3 Å². The van der Waals surface area contributed by atoms with Crippen molar-refractivity contribution in [2.24, 2.45) is 0 Å². The van der Waals surface area contributed by atoms with E-state index in [9.17, 15) is 18.9 Å². The van der Waals surface area contributed by atoms with Crippen molar-refractivity contribution in [2.75, 3.05) is 12.8 Å². The van der Waals surface area contributed by atoms with E-state index in [1.54, 1.807) is 0 Å². The second-order valence-electron chi connectivity index (χ2n) is 2.55. The molecular formula is C7H7F2N3O3. The van der Waals surface area contributed by atoms with Crippen LogP contribution in [0.3, 0.4) is 0 Å². The number of anilines is 1. The Labute approximate surface area is 82.8 Å². The van der Waals surface area contributed by atoms with E-state index in [2.05, 4.69) is 9.72 Å². The molecule has 1 aromatic heterocycles. The molecule has 0 saturated heterocycles. The maximum atomic E-state index is 12.5. The van der Waals surface area contributed by atoms with E-state index < -0.39 is 28.5 Å². The Morgan fingerprint density at radius 2 is 2.27 bits per heavy atom. The van der Waals surface area contributed by atoms with Gasteiger partial charge in [0, 0.05) is 6.07 Å². The van der Waals surface area contributed by atoms with E-state index in [4.69, 9.17) is 5.73 Å². The fourth-order valence-corrected chi connectivity index (χ4v) is 1.04. The molecule has 2 N–H and O–H groups in total. The van der Waals surface area contributed by atoms with E-state index in [-0.39, 0.29) is 5.75 Å². The van der Waals surface area contributed by atoms with Crippen LogP contribution in [0.25, 0.3) is 0 Å². The number of rotatable bonds is 3. The van der Waals surface area contributed by atoms with E-state index in [0.29, 0.717) is 6.07 Å². The van der Waals surface area contributed by atoms with Gasteiger partial charge < -0.3 is 20.6 Å². The first-order chi connectivity index (χ1) is 6.97. The quantitative estimate of drug-likeness (QED) is 0.614. The summed E-state index contributed by atoms with van der Waals surface area (Å²) in [6.07, 6.45) is -2.91. The Kier molecular flexibility index (Phi) is 2.98. The number of nitrogens with zero attached hydrogens (tertiary/aromatic N) is 2. The van der Waals surface area contributed by atoms with Gasteiger partial charge in [-0.05, 0) is 9.91 Å². The molecular weight excluding hydrogens is 212 g/mol. The van der Waals surface area contributed by atoms with Crippen LogP contribution in [0.15, 0.2) is 6.07 Å². The van der Waals surface area contributed by atoms with Crippen molar-refractivity contribution in [3.8, 4) is 5.75 Å². The van der Waals surface area contributed by atoms with Crippen LogP contribution in [0.2, 0.25) is 0 Å². The summed E-state index contributed by atoms with van der Waals surface area (Å²) < 4.78 is 29.5. The van der Waals surface area contributed by atoms with Crippen molar-refractivity contribution in [2.45, 2.75) is 6.43 Å². The molecule has 8 heteroatoms. The zero-order valence-electron chi connectivity index (χ0n) is 7.61. The summed E-state index contributed by atoms with van der Waals surface area (Å²) in [5, 5.41) is 10.3. The minimum atomic E-state index is -2.91. The van der Waals surface area contributed by atoms with Crippen molar-refractivity contribution in [1.82, 2.24) is 4.98 Å². The number of alkyl halides is 2. The average molecular weight is 219 g/mol. The zero-order valence-corrected chi connectivity index (χ0v) is 7.61. The van der Waals surface area contributed by atoms with E-state index in [1.165, 1.54) is 0 Å². The van der Waals surface area contributed by atoms with Crippen LogP contribution in [0.5, 0.6) is 5.75 Å². The van der Waals surface area contributed by atoms with Crippen LogP contribution in [-0.4, -0.2) is 17.0 Å². The summed E-state index contributed by atoms with van der Waals surface area (Å²) in [6.45, 7) is 0. The molecule has 0 unspecified atom stereocenters. The highest BCUT2D eigenvalue weighted by Crippen LogP contribution is 2.34. The second kappa shape index (κ2) is 4.03. The largest absolute Gasteiger partial charge is 0.490 e. The van der Waals surface area contributed by atoms with Gasteiger partial charge in [-0.25, -0.2) is 8.78 Å². The first-order valence-electron chi connectivity index (χ1n) is 3.74. The highest BCUT2D eigenvalue weighted by atomic mass is 19.3. The van der Waals surface area contributed by atoms with E-state index >= 15 is 0 Å². The highest BCUT2D eigenvalue weighted by molar-refractivity contribution is 5.55. The molecule has 0 aromatic carbocycles. The number of nitrogens with two attached hydrogens (primary N) is 1. The lowest BCUT2D eigenvalue weighted by atomic mass is 10.2. The van der Waals surface area contributed by atoms with E-state index in [0.717, 1.165) is 7.11 Å². The summed E-state index contributed by atoms with van der Waals surface area (Å²) in [7, 11) is 1.13. The van der Waals surface area contributed by atoms with Crippen molar-refractivity contribution >= 4 is 11.6 Å². The number of halogens is 2. The van der Waals surface area contributed by atoms with Gasteiger partial charge in [0.15, 0.2) is 5.75 Å². The molecule has 82 valence electrons. The third kappa shape index (κ3) is 2.09. The van der Waals surface area contributed by atoms with Gasteiger partial charge in [0.2, 0.25) is 0 Å². The Bertz CT molecular complexity index is 397. The predicted octanol–water partition coefficient (Wildman–Crippen LogP) is 1.52. The van der Waals surface area contributed by atoms with Crippen molar-refractivity contribution in [3.05, 3.63) is 21.7 Å². The van der Waals surface area contributed by atoms with Gasteiger partial charge in [-0.1, -0.05) is 0 Å². The van der Waals surface area contributed by atoms with Crippen molar-refractivity contribution < 1.29 is 18.4 Å². The van der Waals surface area contributed by atoms with Crippen LogP contribution in [0.4, 0.5) is 20.4 Å². The van der Waals surface area contributed by atoms with Crippen LogP contribution >= 0.6 is 0 Å².